The van der Waals surface area contributed by atoms with Crippen molar-refractivity contribution in [1.29, 1.82) is 0 Å². The maximum Gasteiger partial charge on any atom is 0.246 e. The molecule has 5 rings (SSSR count). The average molecular weight is 433 g/mol. The van der Waals surface area contributed by atoms with E-state index in [2.05, 4.69) is 54.6 Å². The second kappa shape index (κ2) is 8.23. The third-order valence-electron chi connectivity index (χ3n) is 5.41. The van der Waals surface area contributed by atoms with Crippen LogP contribution in [0.3, 0.4) is 0 Å². The van der Waals surface area contributed by atoms with Crippen LogP contribution in [0.15, 0.2) is 49.3 Å². The molecule has 0 saturated carbocycles. The predicted octanol–water partition coefficient (Wildman–Crippen LogP) is 2.67. The first-order valence-corrected chi connectivity index (χ1v) is 10.7. The molecule has 4 aromatic rings. The van der Waals surface area contributed by atoms with Gasteiger partial charge in [-0.2, -0.15) is 5.21 Å². The number of aromatic nitrogens is 6. The van der Waals surface area contributed by atoms with Crippen LogP contribution in [0.1, 0.15) is 27.9 Å². The molecule has 0 spiro atoms. The van der Waals surface area contributed by atoms with Gasteiger partial charge in [0.1, 0.15) is 17.0 Å². The molecule has 3 aromatic heterocycles. The van der Waals surface area contributed by atoms with E-state index in [4.69, 9.17) is 0 Å². The zero-order valence-electron chi connectivity index (χ0n) is 16.7. The van der Waals surface area contributed by atoms with Crippen LogP contribution in [0.4, 0.5) is 5.82 Å². The number of carbonyl (C=O) groups is 1. The first kappa shape index (κ1) is 19.3. The summed E-state index contributed by atoms with van der Waals surface area (Å²) >= 11 is 1.61. The summed E-state index contributed by atoms with van der Waals surface area (Å²) in [5, 5.41) is 19.0. The number of hydrogen-bond donors (Lipinski definition) is 2. The molecule has 1 aliphatic heterocycles. The normalized spacial score (nSPS) is 14.3. The molecule has 1 amide bonds. The minimum atomic E-state index is -0.0881. The zero-order valence-corrected chi connectivity index (χ0v) is 17.5. The molecule has 9 nitrogen and oxygen atoms in total. The Balaban J connectivity index is 1.51. The number of fused-ring (bicyclic) bond motifs is 3. The summed E-state index contributed by atoms with van der Waals surface area (Å²) in [6, 6.07) is 10.1. The lowest BCUT2D eigenvalue weighted by Gasteiger charge is -2.26. The summed E-state index contributed by atoms with van der Waals surface area (Å²) in [4.78, 5) is 25.0. The Morgan fingerprint density at radius 1 is 1.32 bits per heavy atom. The van der Waals surface area contributed by atoms with Crippen LogP contribution in [-0.4, -0.2) is 47.9 Å². The fraction of sp³-hybridized carbons (Fsp3) is 0.238. The van der Waals surface area contributed by atoms with Gasteiger partial charge in [0, 0.05) is 17.8 Å². The van der Waals surface area contributed by atoms with Gasteiger partial charge in [0.05, 0.1) is 18.0 Å². The van der Waals surface area contributed by atoms with Crippen molar-refractivity contribution >= 4 is 33.3 Å². The van der Waals surface area contributed by atoms with Crippen molar-refractivity contribution in [2.24, 2.45) is 0 Å². The van der Waals surface area contributed by atoms with E-state index in [9.17, 15) is 4.79 Å². The second-order valence-electron chi connectivity index (χ2n) is 7.26. The highest BCUT2D eigenvalue weighted by atomic mass is 32.1. The maximum atomic E-state index is 12.1. The van der Waals surface area contributed by atoms with Crippen LogP contribution >= 0.6 is 11.3 Å². The molecular weight excluding hydrogens is 412 g/mol. The number of hydrogen-bond acceptors (Lipinski definition) is 8. The molecule has 0 bridgehead atoms. The van der Waals surface area contributed by atoms with Crippen LogP contribution in [0, 0.1) is 0 Å². The van der Waals surface area contributed by atoms with Crippen molar-refractivity contribution < 1.29 is 4.79 Å². The van der Waals surface area contributed by atoms with Crippen LogP contribution in [0.5, 0.6) is 0 Å². The Bertz CT molecular complexity index is 1220. The fourth-order valence-corrected chi connectivity index (χ4v) is 5.11. The SMILES string of the molecule is C=CC(=O)N1CCc2c(sc3ncnc(NC(Cc4nn[nH]n4)c4ccccc4)c23)C1. The smallest absolute Gasteiger partial charge is 0.246 e. The van der Waals surface area contributed by atoms with E-state index in [1.54, 1.807) is 17.7 Å². The molecule has 4 heterocycles. The summed E-state index contributed by atoms with van der Waals surface area (Å²) < 4.78 is 0. The van der Waals surface area contributed by atoms with Gasteiger partial charge < -0.3 is 10.2 Å². The molecule has 0 radical (unpaired) electrons. The van der Waals surface area contributed by atoms with E-state index in [-0.39, 0.29) is 11.9 Å². The molecule has 2 N–H and O–H groups in total. The van der Waals surface area contributed by atoms with Crippen molar-refractivity contribution in [1.82, 2.24) is 35.5 Å². The molecular formula is C21H20N8OS. The summed E-state index contributed by atoms with van der Waals surface area (Å²) in [5.41, 5.74) is 2.31. The first-order valence-electron chi connectivity index (χ1n) is 9.93. The number of amides is 1. The molecule has 0 aliphatic carbocycles. The van der Waals surface area contributed by atoms with Crippen molar-refractivity contribution in [3.63, 3.8) is 0 Å². The van der Waals surface area contributed by atoms with Gasteiger partial charge in [-0.25, -0.2) is 9.97 Å². The summed E-state index contributed by atoms with van der Waals surface area (Å²) in [6.45, 7) is 4.83. The number of aromatic amines is 1. The monoisotopic (exact) mass is 432 g/mol. The molecule has 1 aromatic carbocycles. The first-order chi connectivity index (χ1) is 15.2. The van der Waals surface area contributed by atoms with Crippen LogP contribution in [0.25, 0.3) is 10.2 Å². The maximum absolute atomic E-state index is 12.1. The van der Waals surface area contributed by atoms with Crippen LogP contribution < -0.4 is 5.32 Å². The molecule has 1 aliphatic rings. The van der Waals surface area contributed by atoms with E-state index in [0.29, 0.717) is 25.3 Å². The van der Waals surface area contributed by atoms with Gasteiger partial charge in [0.2, 0.25) is 5.91 Å². The minimum Gasteiger partial charge on any atom is -0.362 e. The van der Waals surface area contributed by atoms with Crippen molar-refractivity contribution in [2.45, 2.75) is 25.4 Å². The lowest BCUT2D eigenvalue weighted by atomic mass is 10.0. The van der Waals surface area contributed by atoms with Gasteiger partial charge in [-0.15, -0.1) is 21.5 Å². The summed E-state index contributed by atoms with van der Waals surface area (Å²) in [7, 11) is 0. The third kappa shape index (κ3) is 3.77. The summed E-state index contributed by atoms with van der Waals surface area (Å²) in [6.07, 6.45) is 4.26. The molecule has 31 heavy (non-hydrogen) atoms. The van der Waals surface area contributed by atoms with E-state index in [1.165, 1.54) is 11.6 Å². The van der Waals surface area contributed by atoms with Gasteiger partial charge in [-0.1, -0.05) is 42.1 Å². The van der Waals surface area contributed by atoms with E-state index < -0.39 is 0 Å². The van der Waals surface area contributed by atoms with Crippen molar-refractivity contribution in [3.8, 4) is 0 Å². The molecule has 0 fully saturated rings. The van der Waals surface area contributed by atoms with Gasteiger partial charge in [-0.3, -0.25) is 4.79 Å². The molecule has 1 unspecified atom stereocenters. The average Bonchev–Trinajstić information content (AvgIpc) is 3.46. The largest absolute Gasteiger partial charge is 0.362 e. The summed E-state index contributed by atoms with van der Waals surface area (Å²) in [5.74, 6) is 1.36. The Kier molecular flexibility index (Phi) is 5.13. The van der Waals surface area contributed by atoms with E-state index in [0.717, 1.165) is 32.9 Å². The Hall–Kier alpha value is -3.66. The number of nitrogens with zero attached hydrogens (tertiary/aromatic N) is 6. The second-order valence-corrected chi connectivity index (χ2v) is 8.34. The number of rotatable bonds is 6. The molecule has 1 atom stereocenters. The Morgan fingerprint density at radius 2 is 2.19 bits per heavy atom. The number of H-pyrrole nitrogens is 1. The number of carbonyl (C=O) groups excluding carboxylic acids is 1. The number of benzene rings is 1. The quantitative estimate of drug-likeness (QED) is 0.450. The standard InChI is InChI=1S/C21H20N8OS/c1-2-18(30)29-9-8-14-16(11-29)31-21-19(14)20(22-12-23-21)24-15(10-17-25-27-28-26-17)13-6-4-3-5-7-13/h2-7,12,15H,1,8-11H2,(H,22,23,24)(H,25,26,27,28). The van der Waals surface area contributed by atoms with Crippen molar-refractivity contribution in [2.75, 3.05) is 11.9 Å². The Labute approximate surface area is 182 Å². The zero-order chi connectivity index (χ0) is 21.2. The number of thiophene rings is 1. The highest BCUT2D eigenvalue weighted by Crippen LogP contribution is 2.38. The highest BCUT2D eigenvalue weighted by molar-refractivity contribution is 7.19. The lowest BCUT2D eigenvalue weighted by molar-refractivity contribution is -0.126. The number of tetrazole rings is 1. The fourth-order valence-electron chi connectivity index (χ4n) is 3.91. The Morgan fingerprint density at radius 3 is 2.97 bits per heavy atom. The number of anilines is 1. The van der Waals surface area contributed by atoms with Gasteiger partial charge in [0.25, 0.3) is 0 Å². The van der Waals surface area contributed by atoms with E-state index >= 15 is 0 Å². The highest BCUT2D eigenvalue weighted by Gasteiger charge is 2.26. The molecule has 156 valence electrons. The molecule has 10 heteroatoms. The third-order valence-corrected chi connectivity index (χ3v) is 6.54. The van der Waals surface area contributed by atoms with Gasteiger partial charge in [0.15, 0.2) is 5.82 Å². The lowest BCUT2D eigenvalue weighted by Crippen LogP contribution is -2.34. The van der Waals surface area contributed by atoms with Crippen LogP contribution in [-0.2, 0) is 24.2 Å². The predicted molar refractivity (Wildman–Crippen MR) is 117 cm³/mol. The van der Waals surface area contributed by atoms with Crippen LogP contribution in [0.2, 0.25) is 0 Å². The topological polar surface area (TPSA) is 113 Å². The van der Waals surface area contributed by atoms with Gasteiger partial charge in [-0.05, 0) is 23.6 Å². The molecule has 0 saturated heterocycles. The van der Waals surface area contributed by atoms with Crippen molar-refractivity contribution in [3.05, 3.63) is 71.1 Å². The minimum absolute atomic E-state index is 0.0446. The van der Waals surface area contributed by atoms with E-state index in [1.807, 2.05) is 23.1 Å². The number of nitrogens with one attached hydrogen (secondary N) is 2. The van der Waals surface area contributed by atoms with Gasteiger partial charge >= 0.3 is 0 Å².